The smallest absolute Gasteiger partial charge is 0.129 e. The molecule has 0 amide bonds. The van der Waals surface area contributed by atoms with Crippen LogP contribution in [0.2, 0.25) is 19.6 Å². The summed E-state index contributed by atoms with van der Waals surface area (Å²) in [5.41, 5.74) is 2.50. The van der Waals surface area contributed by atoms with Crippen molar-refractivity contribution in [1.82, 2.24) is 0 Å². The third kappa shape index (κ3) is 13.3. The Balaban J connectivity index is 3.61. The van der Waals surface area contributed by atoms with E-state index in [0.29, 0.717) is 0 Å². The zero-order chi connectivity index (χ0) is 12.7. The highest BCUT2D eigenvalue weighted by atomic mass is 28.3. The van der Waals surface area contributed by atoms with Gasteiger partial charge in [0.1, 0.15) is 13.7 Å². The summed E-state index contributed by atoms with van der Waals surface area (Å²) >= 11 is 0. The molecule has 0 unspecified atom stereocenters. The normalized spacial score (nSPS) is 11.1. The molecule has 0 heterocycles. The molecule has 90 valence electrons. The van der Waals surface area contributed by atoms with E-state index in [4.69, 9.17) is 0 Å². The summed E-state index contributed by atoms with van der Waals surface area (Å²) in [5.74, 6) is 9.05. The maximum atomic E-state index is 9.36. The summed E-state index contributed by atoms with van der Waals surface area (Å²) in [6, 6.07) is 0. The molecule has 0 aromatic heterocycles. The van der Waals surface area contributed by atoms with Crippen molar-refractivity contribution in [3.05, 3.63) is 0 Å². The molecule has 0 spiro atoms. The molecular weight excluding hydrogens is 212 g/mol. The Morgan fingerprint density at radius 2 is 1.50 bits per heavy atom. The molecule has 1 nitrogen and oxygen atoms in total. The lowest BCUT2D eigenvalue weighted by atomic mass is 10.1. The van der Waals surface area contributed by atoms with Gasteiger partial charge in [-0.1, -0.05) is 25.6 Å². The SMILES string of the molecule is CC(C)(O)C#CCCCCC#C[Si](C)(C)C. The van der Waals surface area contributed by atoms with E-state index in [2.05, 4.69) is 42.9 Å². The maximum Gasteiger partial charge on any atom is 0.129 e. The van der Waals surface area contributed by atoms with Crippen LogP contribution in [-0.4, -0.2) is 18.8 Å². The number of hydrogen-bond donors (Lipinski definition) is 1. The summed E-state index contributed by atoms with van der Waals surface area (Å²) in [4.78, 5) is 0. The third-order valence-corrected chi connectivity index (χ3v) is 2.64. The number of hydrogen-bond acceptors (Lipinski definition) is 1. The van der Waals surface area contributed by atoms with Crippen molar-refractivity contribution in [2.24, 2.45) is 0 Å². The highest BCUT2D eigenvalue weighted by molar-refractivity contribution is 6.83. The molecule has 0 rings (SSSR count). The van der Waals surface area contributed by atoms with E-state index < -0.39 is 13.7 Å². The van der Waals surface area contributed by atoms with Gasteiger partial charge in [0, 0.05) is 12.8 Å². The summed E-state index contributed by atoms with van der Waals surface area (Å²) in [6.45, 7) is 10.2. The Labute approximate surface area is 102 Å². The van der Waals surface area contributed by atoms with Crippen LogP contribution in [0.5, 0.6) is 0 Å². The van der Waals surface area contributed by atoms with E-state index in [1.54, 1.807) is 13.8 Å². The van der Waals surface area contributed by atoms with Gasteiger partial charge in [-0.25, -0.2) is 0 Å². The maximum absolute atomic E-state index is 9.36. The van der Waals surface area contributed by atoms with Gasteiger partial charge in [0.15, 0.2) is 0 Å². The molecule has 0 saturated heterocycles. The van der Waals surface area contributed by atoms with Crippen molar-refractivity contribution in [3.8, 4) is 23.3 Å². The van der Waals surface area contributed by atoms with Gasteiger partial charge in [-0.3, -0.25) is 0 Å². The Morgan fingerprint density at radius 3 is 1.94 bits per heavy atom. The molecule has 0 aliphatic heterocycles. The third-order valence-electron chi connectivity index (χ3n) is 1.71. The Kier molecular flexibility index (Phi) is 6.49. The van der Waals surface area contributed by atoms with Gasteiger partial charge in [-0.05, 0) is 26.7 Å². The summed E-state index contributed by atoms with van der Waals surface area (Å²) in [7, 11) is -1.18. The fourth-order valence-corrected chi connectivity index (χ4v) is 1.69. The average Bonchev–Trinajstić information content (AvgIpc) is 2.06. The monoisotopic (exact) mass is 236 g/mol. The fraction of sp³-hybridized carbons (Fsp3) is 0.714. The topological polar surface area (TPSA) is 20.2 Å². The lowest BCUT2D eigenvalue weighted by Crippen LogP contribution is -2.16. The molecule has 0 aromatic rings. The van der Waals surface area contributed by atoms with Gasteiger partial charge in [0.2, 0.25) is 0 Å². The second-order valence-corrected chi connectivity index (χ2v) is 10.4. The second kappa shape index (κ2) is 6.79. The number of aliphatic hydroxyl groups is 1. The first kappa shape index (κ1) is 15.3. The minimum absolute atomic E-state index is 0.850. The van der Waals surface area contributed by atoms with Crippen molar-refractivity contribution in [3.63, 3.8) is 0 Å². The van der Waals surface area contributed by atoms with Gasteiger partial charge in [-0.15, -0.1) is 17.4 Å². The molecule has 2 heteroatoms. The number of rotatable bonds is 3. The van der Waals surface area contributed by atoms with Gasteiger partial charge < -0.3 is 5.11 Å². The number of unbranched alkanes of at least 4 members (excludes halogenated alkanes) is 3. The molecule has 0 aromatic carbocycles. The van der Waals surface area contributed by atoms with Crippen LogP contribution >= 0.6 is 0 Å². The van der Waals surface area contributed by atoms with Crippen molar-refractivity contribution in [2.45, 2.75) is 64.8 Å². The first-order valence-corrected chi connectivity index (χ1v) is 9.43. The Hall–Kier alpha value is -0.703. The average molecular weight is 236 g/mol. The van der Waals surface area contributed by atoms with Crippen molar-refractivity contribution >= 4 is 8.07 Å². The van der Waals surface area contributed by atoms with Crippen LogP contribution in [0.25, 0.3) is 0 Å². The standard InChI is InChI=1S/C14H24OSi/c1-14(2,15)12-10-8-6-7-9-11-13-16(3,4)5/h15H,6-9H2,1-5H3. The van der Waals surface area contributed by atoms with Crippen LogP contribution < -0.4 is 0 Å². The minimum Gasteiger partial charge on any atom is -0.378 e. The summed E-state index contributed by atoms with van der Waals surface area (Å²) < 4.78 is 0. The molecule has 1 N–H and O–H groups in total. The highest BCUT2D eigenvalue weighted by Crippen LogP contribution is 2.02. The molecule has 0 radical (unpaired) electrons. The van der Waals surface area contributed by atoms with Crippen molar-refractivity contribution in [2.75, 3.05) is 0 Å². The molecule has 0 aliphatic rings. The quantitative estimate of drug-likeness (QED) is 0.453. The van der Waals surface area contributed by atoms with Crippen molar-refractivity contribution in [1.29, 1.82) is 0 Å². The highest BCUT2D eigenvalue weighted by Gasteiger charge is 2.06. The molecule has 0 aliphatic carbocycles. The molecule has 0 fully saturated rings. The van der Waals surface area contributed by atoms with Gasteiger partial charge in [-0.2, -0.15) is 0 Å². The van der Waals surface area contributed by atoms with E-state index in [9.17, 15) is 5.11 Å². The van der Waals surface area contributed by atoms with Crippen LogP contribution in [0, 0.1) is 23.3 Å². The van der Waals surface area contributed by atoms with Crippen LogP contribution in [0.4, 0.5) is 0 Å². The predicted octanol–water partition coefficient (Wildman–Crippen LogP) is 3.20. The second-order valence-electron chi connectivity index (χ2n) is 5.62. The van der Waals surface area contributed by atoms with Crippen molar-refractivity contribution < 1.29 is 5.11 Å². The van der Waals surface area contributed by atoms with Crippen LogP contribution in [0.15, 0.2) is 0 Å². The molecule has 0 bridgehead atoms. The molecule has 0 atom stereocenters. The van der Waals surface area contributed by atoms with Gasteiger partial charge >= 0.3 is 0 Å². The van der Waals surface area contributed by atoms with E-state index >= 15 is 0 Å². The molecule has 0 saturated carbocycles. The largest absolute Gasteiger partial charge is 0.378 e. The lowest BCUT2D eigenvalue weighted by Gasteiger charge is -2.05. The predicted molar refractivity (Wildman–Crippen MR) is 73.7 cm³/mol. The van der Waals surface area contributed by atoms with Gasteiger partial charge in [0.25, 0.3) is 0 Å². The van der Waals surface area contributed by atoms with Crippen LogP contribution in [0.1, 0.15) is 39.5 Å². The molecular formula is C14H24OSi. The summed E-state index contributed by atoms with van der Waals surface area (Å²) in [6.07, 6.45) is 4.02. The Bertz CT molecular complexity index is 275. The lowest BCUT2D eigenvalue weighted by molar-refractivity contribution is 0.143. The van der Waals surface area contributed by atoms with Crippen LogP contribution in [0.3, 0.4) is 0 Å². The first-order chi connectivity index (χ1) is 7.21. The zero-order valence-electron chi connectivity index (χ0n) is 11.3. The Morgan fingerprint density at radius 1 is 1.00 bits per heavy atom. The zero-order valence-corrected chi connectivity index (χ0v) is 12.3. The van der Waals surface area contributed by atoms with Gasteiger partial charge in [0.05, 0.1) is 0 Å². The summed E-state index contributed by atoms with van der Waals surface area (Å²) in [5, 5.41) is 9.36. The van der Waals surface area contributed by atoms with E-state index in [-0.39, 0.29) is 0 Å². The fourth-order valence-electron chi connectivity index (χ4n) is 1.03. The molecule has 16 heavy (non-hydrogen) atoms. The van der Waals surface area contributed by atoms with E-state index in [0.717, 1.165) is 25.7 Å². The van der Waals surface area contributed by atoms with E-state index in [1.807, 2.05) is 0 Å². The first-order valence-electron chi connectivity index (χ1n) is 5.93. The van der Waals surface area contributed by atoms with Crippen LogP contribution in [-0.2, 0) is 0 Å². The minimum atomic E-state index is -1.18. The van der Waals surface area contributed by atoms with E-state index in [1.165, 1.54) is 0 Å².